The Morgan fingerprint density at radius 2 is 1.71 bits per heavy atom. The summed E-state index contributed by atoms with van der Waals surface area (Å²) in [6.07, 6.45) is 1.44. The molecular formula is C13H18O4. The fraction of sp³-hybridized carbons (Fsp3) is 0.462. The van der Waals surface area contributed by atoms with Crippen LogP contribution in [0.5, 0.6) is 0 Å². The van der Waals surface area contributed by atoms with Crippen molar-refractivity contribution in [3.8, 4) is 0 Å². The van der Waals surface area contributed by atoms with Crippen LogP contribution in [-0.4, -0.2) is 31.1 Å². The van der Waals surface area contributed by atoms with Crippen LogP contribution in [0.25, 0.3) is 0 Å². The van der Waals surface area contributed by atoms with Crippen molar-refractivity contribution in [3.63, 3.8) is 0 Å². The lowest BCUT2D eigenvalue weighted by Crippen LogP contribution is -2.10. The molecule has 0 aliphatic heterocycles. The number of hydrogen-bond acceptors (Lipinski definition) is 4. The highest BCUT2D eigenvalue weighted by Crippen LogP contribution is 2.02. The van der Waals surface area contributed by atoms with Gasteiger partial charge >= 0.3 is 6.16 Å². The van der Waals surface area contributed by atoms with E-state index in [1.807, 2.05) is 30.3 Å². The Hall–Kier alpha value is -1.55. The molecule has 0 heterocycles. The van der Waals surface area contributed by atoms with Crippen LogP contribution in [-0.2, 0) is 15.9 Å². The predicted octanol–water partition coefficient (Wildman–Crippen LogP) is 2.15. The van der Waals surface area contributed by atoms with Crippen molar-refractivity contribution in [1.29, 1.82) is 0 Å². The number of aliphatic hydroxyl groups is 1. The van der Waals surface area contributed by atoms with E-state index >= 15 is 0 Å². The highest BCUT2D eigenvalue weighted by Gasteiger charge is 2.02. The standard InChI is InChI=1S/C13H18O4/c14-9-5-11-17-13(15)16-10-4-8-12-6-2-1-3-7-12/h1-3,6-7,14H,4-5,8-11H2. The van der Waals surface area contributed by atoms with Gasteiger partial charge in [0, 0.05) is 13.0 Å². The molecule has 0 saturated carbocycles. The predicted molar refractivity (Wildman–Crippen MR) is 63.8 cm³/mol. The molecule has 0 aliphatic rings. The zero-order valence-electron chi connectivity index (χ0n) is 9.80. The average Bonchev–Trinajstić information content (AvgIpc) is 2.36. The molecule has 0 bridgehead atoms. The lowest BCUT2D eigenvalue weighted by atomic mass is 10.1. The molecule has 4 heteroatoms. The van der Waals surface area contributed by atoms with Gasteiger partial charge in [0.15, 0.2) is 0 Å². The van der Waals surface area contributed by atoms with Crippen molar-refractivity contribution in [3.05, 3.63) is 35.9 Å². The van der Waals surface area contributed by atoms with Gasteiger partial charge < -0.3 is 14.6 Å². The Bertz CT molecular complexity index is 310. The van der Waals surface area contributed by atoms with Crippen molar-refractivity contribution < 1.29 is 19.4 Å². The summed E-state index contributed by atoms with van der Waals surface area (Å²) in [6, 6.07) is 10.0. The summed E-state index contributed by atoms with van der Waals surface area (Å²) in [5, 5.41) is 8.49. The number of aryl methyl sites for hydroxylation is 1. The van der Waals surface area contributed by atoms with Gasteiger partial charge in [-0.1, -0.05) is 30.3 Å². The molecule has 0 spiro atoms. The Morgan fingerprint density at radius 1 is 1.06 bits per heavy atom. The molecule has 0 saturated heterocycles. The molecule has 0 radical (unpaired) electrons. The Labute approximate surface area is 101 Å². The van der Waals surface area contributed by atoms with E-state index in [4.69, 9.17) is 14.6 Å². The third kappa shape index (κ3) is 6.58. The number of carbonyl (C=O) groups excluding carboxylic acids is 1. The molecule has 17 heavy (non-hydrogen) atoms. The van der Waals surface area contributed by atoms with Gasteiger partial charge in [-0.3, -0.25) is 0 Å². The number of aliphatic hydroxyl groups excluding tert-OH is 1. The van der Waals surface area contributed by atoms with Gasteiger partial charge in [0.2, 0.25) is 0 Å². The molecule has 0 unspecified atom stereocenters. The second-order valence-corrected chi connectivity index (χ2v) is 3.61. The first-order valence-corrected chi connectivity index (χ1v) is 5.77. The maximum Gasteiger partial charge on any atom is 0.508 e. The summed E-state index contributed by atoms with van der Waals surface area (Å²) < 4.78 is 9.58. The minimum absolute atomic E-state index is 0.0152. The van der Waals surface area contributed by atoms with Crippen LogP contribution in [0.15, 0.2) is 30.3 Å². The normalized spacial score (nSPS) is 9.94. The molecule has 0 amide bonds. The van der Waals surface area contributed by atoms with E-state index < -0.39 is 6.16 Å². The second-order valence-electron chi connectivity index (χ2n) is 3.61. The zero-order chi connectivity index (χ0) is 12.3. The summed E-state index contributed by atoms with van der Waals surface area (Å²) in [4.78, 5) is 11.0. The van der Waals surface area contributed by atoms with E-state index in [1.54, 1.807) is 0 Å². The Kier molecular flexibility index (Phi) is 6.82. The van der Waals surface area contributed by atoms with E-state index in [0.29, 0.717) is 13.0 Å². The van der Waals surface area contributed by atoms with Gasteiger partial charge in [-0.25, -0.2) is 4.79 Å². The van der Waals surface area contributed by atoms with Gasteiger partial charge in [0.25, 0.3) is 0 Å². The third-order valence-corrected chi connectivity index (χ3v) is 2.19. The van der Waals surface area contributed by atoms with Gasteiger partial charge in [0.05, 0.1) is 13.2 Å². The molecule has 0 fully saturated rings. The third-order valence-electron chi connectivity index (χ3n) is 2.19. The molecule has 4 nitrogen and oxygen atoms in total. The Balaban J connectivity index is 2.02. The number of rotatable bonds is 7. The minimum Gasteiger partial charge on any atom is -0.434 e. The van der Waals surface area contributed by atoms with Gasteiger partial charge in [-0.15, -0.1) is 0 Å². The number of carbonyl (C=O) groups is 1. The molecule has 1 aromatic carbocycles. The Morgan fingerprint density at radius 3 is 2.35 bits per heavy atom. The molecule has 1 N–H and O–H groups in total. The van der Waals surface area contributed by atoms with Crippen molar-refractivity contribution in [2.24, 2.45) is 0 Å². The van der Waals surface area contributed by atoms with E-state index in [1.165, 1.54) is 5.56 Å². The summed E-state index contributed by atoms with van der Waals surface area (Å²) in [5.41, 5.74) is 1.23. The van der Waals surface area contributed by atoms with Crippen LogP contribution in [0, 0.1) is 0 Å². The van der Waals surface area contributed by atoms with Crippen LogP contribution in [0.4, 0.5) is 4.79 Å². The van der Waals surface area contributed by atoms with Crippen LogP contribution in [0.3, 0.4) is 0 Å². The van der Waals surface area contributed by atoms with Crippen LogP contribution in [0.1, 0.15) is 18.4 Å². The largest absolute Gasteiger partial charge is 0.508 e. The molecule has 0 aromatic heterocycles. The summed E-state index contributed by atoms with van der Waals surface area (Å²) >= 11 is 0. The average molecular weight is 238 g/mol. The maximum atomic E-state index is 11.0. The maximum absolute atomic E-state index is 11.0. The van der Waals surface area contributed by atoms with Crippen molar-refractivity contribution in [1.82, 2.24) is 0 Å². The molecule has 94 valence electrons. The lowest BCUT2D eigenvalue weighted by molar-refractivity contribution is 0.0507. The van der Waals surface area contributed by atoms with Gasteiger partial charge in [-0.2, -0.15) is 0 Å². The first-order valence-electron chi connectivity index (χ1n) is 5.77. The molecular weight excluding hydrogens is 220 g/mol. The van der Waals surface area contributed by atoms with Gasteiger partial charge in [0.1, 0.15) is 0 Å². The second kappa shape index (κ2) is 8.58. The summed E-state index contributed by atoms with van der Waals surface area (Å²) in [5.74, 6) is 0. The molecule has 0 atom stereocenters. The van der Waals surface area contributed by atoms with E-state index in [0.717, 1.165) is 12.8 Å². The summed E-state index contributed by atoms with van der Waals surface area (Å²) in [7, 11) is 0. The SMILES string of the molecule is O=C(OCCCO)OCCCc1ccccc1. The quantitative estimate of drug-likeness (QED) is 0.584. The zero-order valence-corrected chi connectivity index (χ0v) is 9.80. The first kappa shape index (κ1) is 13.5. The van der Waals surface area contributed by atoms with Crippen molar-refractivity contribution in [2.75, 3.05) is 19.8 Å². The summed E-state index contributed by atoms with van der Waals surface area (Å²) in [6.45, 7) is 0.572. The first-order chi connectivity index (χ1) is 8.33. The van der Waals surface area contributed by atoms with Crippen LogP contribution in [0.2, 0.25) is 0 Å². The molecule has 0 aliphatic carbocycles. The number of ether oxygens (including phenoxy) is 2. The van der Waals surface area contributed by atoms with E-state index in [9.17, 15) is 4.79 Å². The van der Waals surface area contributed by atoms with Crippen molar-refractivity contribution >= 4 is 6.16 Å². The number of hydrogen-bond donors (Lipinski definition) is 1. The van der Waals surface area contributed by atoms with Gasteiger partial charge in [-0.05, 0) is 18.4 Å². The smallest absolute Gasteiger partial charge is 0.434 e. The number of benzene rings is 1. The molecule has 1 rings (SSSR count). The fourth-order valence-corrected chi connectivity index (χ4v) is 1.34. The van der Waals surface area contributed by atoms with Crippen LogP contribution >= 0.6 is 0 Å². The monoisotopic (exact) mass is 238 g/mol. The molecule has 1 aromatic rings. The minimum atomic E-state index is -0.661. The topological polar surface area (TPSA) is 55.8 Å². The highest BCUT2D eigenvalue weighted by molar-refractivity contribution is 5.59. The fourth-order valence-electron chi connectivity index (χ4n) is 1.34. The van der Waals surface area contributed by atoms with Crippen molar-refractivity contribution in [2.45, 2.75) is 19.3 Å². The van der Waals surface area contributed by atoms with Crippen LogP contribution < -0.4 is 0 Å². The highest BCUT2D eigenvalue weighted by atomic mass is 16.7. The van der Waals surface area contributed by atoms with E-state index in [-0.39, 0.29) is 13.2 Å². The van der Waals surface area contributed by atoms with E-state index in [2.05, 4.69) is 0 Å². The lowest BCUT2D eigenvalue weighted by Gasteiger charge is -2.05.